The lowest BCUT2D eigenvalue weighted by Gasteiger charge is -2.63. The van der Waals surface area contributed by atoms with Gasteiger partial charge in [0, 0.05) is 6.42 Å². The topological polar surface area (TPSA) is 123 Å². The van der Waals surface area contributed by atoms with Crippen LogP contribution in [-0.4, -0.2) is 18.3 Å². The number of fused-ring (bicyclic) bond motifs is 2. The second-order valence-corrected chi connectivity index (χ2v) is 7.66. The summed E-state index contributed by atoms with van der Waals surface area (Å²) in [5, 5.41) is 39.1. The minimum atomic E-state index is -1.84. The van der Waals surface area contributed by atoms with E-state index in [1.54, 1.807) is 30.3 Å². The molecule has 0 amide bonds. The summed E-state index contributed by atoms with van der Waals surface area (Å²) in [7, 11) is 0. The lowest BCUT2D eigenvalue weighted by molar-refractivity contribution is -0.360. The lowest BCUT2D eigenvalue weighted by Crippen LogP contribution is -2.73. The highest BCUT2D eigenvalue weighted by atomic mass is 16.7. The molecule has 2 bridgehead atoms. The Kier molecular flexibility index (Phi) is 4.34. The van der Waals surface area contributed by atoms with E-state index in [0.717, 1.165) is 12.8 Å². The Labute approximate surface area is 169 Å². The Hall–Kier alpha value is -3.34. The quantitative estimate of drug-likeness (QED) is 0.783. The fourth-order valence-corrected chi connectivity index (χ4v) is 5.04. The fraction of sp³-hybridized carbons (Fsp3) is 0.455. The van der Waals surface area contributed by atoms with E-state index in [1.807, 2.05) is 0 Å². The summed E-state index contributed by atoms with van der Waals surface area (Å²) < 4.78 is 17.7. The summed E-state index contributed by atoms with van der Waals surface area (Å²) in [6.07, 6.45) is 3.31. The molecule has 4 fully saturated rings. The second kappa shape index (κ2) is 6.62. The maximum atomic E-state index is 10.2. The third kappa shape index (κ3) is 2.27. The summed E-state index contributed by atoms with van der Waals surface area (Å²) in [5.74, 6) is -1.56. The molecule has 1 saturated carbocycles. The molecule has 7 heteroatoms. The maximum absolute atomic E-state index is 10.2. The molecule has 0 aromatic heterocycles. The van der Waals surface area contributed by atoms with E-state index in [-0.39, 0.29) is 5.90 Å². The van der Waals surface area contributed by atoms with Crippen molar-refractivity contribution < 1.29 is 14.2 Å². The van der Waals surface area contributed by atoms with Crippen LogP contribution in [0.4, 0.5) is 0 Å². The van der Waals surface area contributed by atoms with Crippen molar-refractivity contribution in [3.05, 3.63) is 42.5 Å². The fourth-order valence-electron chi connectivity index (χ4n) is 5.04. The van der Waals surface area contributed by atoms with E-state index < -0.39 is 28.6 Å². The molecule has 29 heavy (non-hydrogen) atoms. The van der Waals surface area contributed by atoms with E-state index in [9.17, 15) is 15.8 Å². The average Bonchev–Trinajstić information content (AvgIpc) is 2.76. The van der Waals surface area contributed by atoms with Crippen molar-refractivity contribution in [2.45, 2.75) is 37.6 Å². The molecular formula is C22H20N4O3. The number of nitriles is 3. The summed E-state index contributed by atoms with van der Waals surface area (Å²) in [4.78, 5) is 0. The zero-order valence-corrected chi connectivity index (χ0v) is 15.9. The van der Waals surface area contributed by atoms with Crippen LogP contribution in [0.2, 0.25) is 0 Å². The number of nitrogens with zero attached hydrogens (tertiary/aromatic N) is 3. The van der Waals surface area contributed by atoms with E-state index in [1.165, 1.54) is 0 Å². The van der Waals surface area contributed by atoms with Gasteiger partial charge in [-0.25, -0.2) is 0 Å². The molecule has 7 nitrogen and oxygen atoms in total. The third-order valence-corrected chi connectivity index (χ3v) is 6.37. The van der Waals surface area contributed by atoms with Crippen LogP contribution in [0, 0.1) is 56.2 Å². The zero-order chi connectivity index (χ0) is 20.7. The highest BCUT2D eigenvalue weighted by Gasteiger charge is 2.80. The Morgan fingerprint density at radius 2 is 1.90 bits per heavy atom. The first-order valence-electron chi connectivity index (χ1n) is 9.57. The van der Waals surface area contributed by atoms with E-state index >= 15 is 0 Å². The molecule has 3 heterocycles. The number of nitrogens with one attached hydrogen (secondary N) is 1. The first kappa shape index (κ1) is 19.0. The molecule has 1 aromatic carbocycles. The normalized spacial score (nSPS) is 33.9. The van der Waals surface area contributed by atoms with Crippen LogP contribution in [0.3, 0.4) is 0 Å². The predicted molar refractivity (Wildman–Crippen MR) is 101 cm³/mol. The molecule has 5 rings (SSSR count). The van der Waals surface area contributed by atoms with Gasteiger partial charge in [-0.05, 0) is 30.5 Å². The number of hydrogen-bond donors (Lipinski definition) is 1. The van der Waals surface area contributed by atoms with Crippen molar-refractivity contribution in [2.75, 3.05) is 6.61 Å². The Morgan fingerprint density at radius 1 is 1.17 bits per heavy atom. The number of benzene rings is 1. The van der Waals surface area contributed by atoms with Gasteiger partial charge in [-0.3, -0.25) is 5.41 Å². The second-order valence-electron chi connectivity index (χ2n) is 7.66. The van der Waals surface area contributed by atoms with Gasteiger partial charge in [0.25, 0.3) is 0 Å². The molecule has 3 saturated heterocycles. The molecule has 4 aliphatic rings. The summed E-state index contributed by atoms with van der Waals surface area (Å²) in [6.45, 7) is 3.97. The first-order chi connectivity index (χ1) is 14.0. The van der Waals surface area contributed by atoms with Crippen LogP contribution >= 0.6 is 0 Å². The van der Waals surface area contributed by atoms with Gasteiger partial charge < -0.3 is 14.2 Å². The molecule has 1 spiro atoms. The van der Waals surface area contributed by atoms with Crippen LogP contribution in [0.1, 0.15) is 37.4 Å². The Bertz CT molecular complexity index is 969. The van der Waals surface area contributed by atoms with Crippen LogP contribution < -0.4 is 4.74 Å². The molecule has 146 valence electrons. The van der Waals surface area contributed by atoms with E-state index in [0.29, 0.717) is 30.8 Å². The largest absolute Gasteiger partial charge is 0.490 e. The molecule has 0 unspecified atom stereocenters. The van der Waals surface area contributed by atoms with Crippen molar-refractivity contribution in [2.24, 2.45) is 16.7 Å². The van der Waals surface area contributed by atoms with Gasteiger partial charge in [0.15, 0.2) is 10.8 Å². The first-order valence-corrected chi connectivity index (χ1v) is 9.57. The third-order valence-electron chi connectivity index (χ3n) is 6.37. The van der Waals surface area contributed by atoms with Crippen LogP contribution in [0.15, 0.2) is 36.9 Å². The minimum Gasteiger partial charge on any atom is -0.490 e. The predicted octanol–water partition coefficient (Wildman–Crippen LogP) is 3.76. The Morgan fingerprint density at radius 3 is 2.52 bits per heavy atom. The van der Waals surface area contributed by atoms with Crippen molar-refractivity contribution in [1.29, 1.82) is 21.2 Å². The highest BCUT2D eigenvalue weighted by molar-refractivity contribution is 5.89. The monoisotopic (exact) mass is 388 g/mol. The Balaban J connectivity index is 1.87. The highest BCUT2D eigenvalue weighted by Crippen LogP contribution is 2.69. The van der Waals surface area contributed by atoms with E-state index in [4.69, 9.17) is 19.6 Å². The maximum Gasteiger partial charge on any atom is 0.218 e. The van der Waals surface area contributed by atoms with Crippen molar-refractivity contribution in [1.82, 2.24) is 0 Å². The standard InChI is InChI=1S/C22H20N4O3/c1-2-11-27-16-8-6-15(7-9-16)18-21(14-25)19(26)29-22(28-18)10-4-3-5-17(22)20(21,12-23)13-24/h2,6-9,17-18,26H,1,3-5,10-11H2/t17-,18-,21+,22+/m0/s1. The van der Waals surface area contributed by atoms with Crippen LogP contribution in [-0.2, 0) is 9.47 Å². The molecular weight excluding hydrogens is 368 g/mol. The smallest absolute Gasteiger partial charge is 0.218 e. The molecule has 1 N–H and O–H groups in total. The lowest BCUT2D eigenvalue weighted by atomic mass is 9.48. The molecule has 0 radical (unpaired) electrons. The van der Waals surface area contributed by atoms with Crippen molar-refractivity contribution >= 4 is 5.90 Å². The average molecular weight is 388 g/mol. The molecule has 3 aliphatic heterocycles. The van der Waals surface area contributed by atoms with Crippen molar-refractivity contribution in [3.63, 3.8) is 0 Å². The molecule has 1 aliphatic carbocycles. The van der Waals surface area contributed by atoms with Gasteiger partial charge in [-0.1, -0.05) is 31.2 Å². The minimum absolute atomic E-state index is 0.357. The zero-order valence-electron chi connectivity index (χ0n) is 15.9. The van der Waals surface area contributed by atoms with Gasteiger partial charge in [-0.15, -0.1) is 0 Å². The van der Waals surface area contributed by atoms with Gasteiger partial charge in [0.1, 0.15) is 18.5 Å². The van der Waals surface area contributed by atoms with E-state index in [2.05, 4.69) is 24.8 Å². The summed E-state index contributed by atoms with van der Waals surface area (Å²) in [6, 6.07) is 13.3. The number of hydrogen-bond acceptors (Lipinski definition) is 7. The number of rotatable bonds is 4. The molecule has 1 aromatic rings. The van der Waals surface area contributed by atoms with Gasteiger partial charge >= 0.3 is 0 Å². The molecule has 4 atom stereocenters. The van der Waals surface area contributed by atoms with Crippen LogP contribution in [0.5, 0.6) is 5.75 Å². The van der Waals surface area contributed by atoms with Gasteiger partial charge in [0.05, 0.1) is 24.1 Å². The van der Waals surface area contributed by atoms with Crippen molar-refractivity contribution in [3.8, 4) is 24.0 Å². The van der Waals surface area contributed by atoms with Gasteiger partial charge in [0.2, 0.25) is 11.7 Å². The van der Waals surface area contributed by atoms with Gasteiger partial charge in [-0.2, -0.15) is 15.8 Å². The van der Waals surface area contributed by atoms with Crippen LogP contribution in [0.25, 0.3) is 0 Å². The number of ether oxygens (including phenoxy) is 3. The SMILES string of the molecule is C=CCOc1ccc([C@@H]2O[C@@]34CCCC[C@H]3C(C#N)(C#N)[C@@]2(C#N)C(=N)O4)cc1. The summed E-state index contributed by atoms with van der Waals surface area (Å²) >= 11 is 0. The summed E-state index contributed by atoms with van der Waals surface area (Å²) in [5.41, 5.74) is -2.97.